The van der Waals surface area contributed by atoms with E-state index in [9.17, 15) is 0 Å². The molecule has 0 bridgehead atoms. The second-order valence-corrected chi connectivity index (χ2v) is 7.93. The van der Waals surface area contributed by atoms with Crippen molar-refractivity contribution >= 4 is 46.0 Å². The molecule has 1 saturated carbocycles. The van der Waals surface area contributed by atoms with Gasteiger partial charge in [0.25, 0.3) is 0 Å². The van der Waals surface area contributed by atoms with Crippen LogP contribution in [0.1, 0.15) is 49.9 Å². The van der Waals surface area contributed by atoms with E-state index < -0.39 is 0 Å². The molecule has 114 valence electrons. The average Bonchev–Trinajstić information content (AvgIpc) is 2.88. The summed E-state index contributed by atoms with van der Waals surface area (Å²) in [6.45, 7) is 1.99. The molecule has 1 aromatic carbocycles. The number of rotatable bonds is 3. The molecule has 0 amide bonds. The number of hydrogen-bond donors (Lipinski definition) is 0. The van der Waals surface area contributed by atoms with Crippen LogP contribution in [0.4, 0.5) is 0 Å². The molecule has 0 N–H and O–H groups in total. The minimum absolute atomic E-state index is 0.105. The van der Waals surface area contributed by atoms with Crippen molar-refractivity contribution in [3.05, 3.63) is 29.0 Å². The predicted molar refractivity (Wildman–Crippen MR) is 93.8 cm³/mol. The van der Waals surface area contributed by atoms with Gasteiger partial charge in [0.1, 0.15) is 11.3 Å². The lowest BCUT2D eigenvalue weighted by atomic mass is 9.94. The first-order valence-corrected chi connectivity index (χ1v) is 9.55. The number of nitrogens with zero attached hydrogens (tertiary/aromatic N) is 2. The Morgan fingerprint density at radius 1 is 1.29 bits per heavy atom. The predicted octanol–water partition coefficient (Wildman–Crippen LogP) is 5.84. The van der Waals surface area contributed by atoms with Crippen LogP contribution >= 0.6 is 35.0 Å². The molecule has 3 rings (SSSR count). The van der Waals surface area contributed by atoms with Crippen LogP contribution in [-0.2, 0) is 0 Å². The topological polar surface area (TPSA) is 17.8 Å². The normalized spacial score (nSPS) is 24.4. The molecule has 0 saturated heterocycles. The van der Waals surface area contributed by atoms with Crippen molar-refractivity contribution < 1.29 is 0 Å². The third-order valence-corrected chi connectivity index (χ3v) is 6.03. The van der Waals surface area contributed by atoms with Gasteiger partial charge in [-0.3, -0.25) is 0 Å². The molecule has 1 heterocycles. The Bertz CT molecular complexity index is 630. The van der Waals surface area contributed by atoms with Crippen LogP contribution in [0.2, 0.25) is 5.02 Å². The molecule has 1 aromatic heterocycles. The van der Waals surface area contributed by atoms with Crippen LogP contribution in [0.5, 0.6) is 0 Å². The van der Waals surface area contributed by atoms with Gasteiger partial charge < -0.3 is 4.57 Å². The summed E-state index contributed by atoms with van der Waals surface area (Å²) in [5.74, 6) is 0.951. The zero-order valence-corrected chi connectivity index (χ0v) is 14.7. The zero-order chi connectivity index (χ0) is 15.0. The third kappa shape index (κ3) is 2.93. The van der Waals surface area contributed by atoms with Gasteiger partial charge in [0.05, 0.1) is 15.9 Å². The van der Waals surface area contributed by atoms with Gasteiger partial charge >= 0.3 is 0 Å². The highest BCUT2D eigenvalue weighted by atomic mass is 35.5. The Hall–Kier alpha value is -0.380. The minimum atomic E-state index is -0.105. The number of hydrogen-bond acceptors (Lipinski definition) is 2. The number of aromatic nitrogens is 2. The van der Waals surface area contributed by atoms with Gasteiger partial charge in [-0.05, 0) is 51.0 Å². The first-order valence-electron chi connectivity index (χ1n) is 7.45. The lowest BCUT2D eigenvalue weighted by Gasteiger charge is -2.30. The molecule has 1 unspecified atom stereocenters. The maximum absolute atomic E-state index is 6.38. The minimum Gasteiger partial charge on any atom is -0.324 e. The summed E-state index contributed by atoms with van der Waals surface area (Å²) >= 11 is 14.7. The van der Waals surface area contributed by atoms with Gasteiger partial charge in [-0.15, -0.1) is 11.6 Å². The van der Waals surface area contributed by atoms with Crippen molar-refractivity contribution in [1.82, 2.24) is 9.55 Å². The summed E-state index contributed by atoms with van der Waals surface area (Å²) in [6.07, 6.45) is 7.13. The standard InChI is InChI=1S/C16H20Cl2N2S/c1-10(17)16-19-15-13(18)4-3-5-14(15)20(16)11-6-8-12(21-2)9-7-11/h3-5,10-12H,6-9H2,1-2H3. The molecule has 21 heavy (non-hydrogen) atoms. The summed E-state index contributed by atoms with van der Waals surface area (Å²) in [5.41, 5.74) is 2.01. The lowest BCUT2D eigenvalue weighted by molar-refractivity contribution is 0.359. The molecular formula is C16H20Cl2N2S. The highest BCUT2D eigenvalue weighted by Crippen LogP contribution is 2.39. The van der Waals surface area contributed by atoms with E-state index in [0.29, 0.717) is 11.1 Å². The Morgan fingerprint density at radius 3 is 2.62 bits per heavy atom. The number of alkyl halides is 1. The fourth-order valence-electron chi connectivity index (χ4n) is 3.30. The molecule has 5 heteroatoms. The fraction of sp³-hybridized carbons (Fsp3) is 0.562. The van der Waals surface area contributed by atoms with Gasteiger partial charge in [-0.1, -0.05) is 17.7 Å². The van der Waals surface area contributed by atoms with Crippen LogP contribution in [-0.4, -0.2) is 21.1 Å². The van der Waals surface area contributed by atoms with Gasteiger partial charge in [0.2, 0.25) is 0 Å². The van der Waals surface area contributed by atoms with Crippen molar-refractivity contribution in [2.45, 2.75) is 49.3 Å². The molecule has 1 fully saturated rings. The van der Waals surface area contributed by atoms with Gasteiger partial charge in [-0.2, -0.15) is 11.8 Å². The highest BCUT2D eigenvalue weighted by molar-refractivity contribution is 7.99. The van der Waals surface area contributed by atoms with Gasteiger partial charge in [-0.25, -0.2) is 4.98 Å². The second kappa shape index (κ2) is 6.39. The van der Waals surface area contributed by atoms with Gasteiger partial charge in [0.15, 0.2) is 0 Å². The first-order chi connectivity index (χ1) is 10.1. The Labute approximate surface area is 140 Å². The molecular weight excluding hydrogens is 323 g/mol. The van der Waals surface area contributed by atoms with E-state index in [1.165, 1.54) is 25.7 Å². The van der Waals surface area contributed by atoms with Gasteiger partial charge in [0, 0.05) is 11.3 Å². The monoisotopic (exact) mass is 342 g/mol. The maximum Gasteiger partial charge on any atom is 0.128 e. The molecule has 1 aliphatic carbocycles. The number of halogens is 2. The van der Waals surface area contributed by atoms with Crippen molar-refractivity contribution in [1.29, 1.82) is 0 Å². The smallest absolute Gasteiger partial charge is 0.128 e. The molecule has 2 nitrogen and oxygen atoms in total. The van der Waals surface area contributed by atoms with Crippen molar-refractivity contribution in [2.75, 3.05) is 6.26 Å². The molecule has 0 aliphatic heterocycles. The quantitative estimate of drug-likeness (QED) is 0.652. The summed E-state index contributed by atoms with van der Waals surface area (Å²) in [5, 5.41) is 1.41. The Balaban J connectivity index is 2.04. The number of imidazole rings is 1. The summed E-state index contributed by atoms with van der Waals surface area (Å²) in [6, 6.07) is 6.50. The SMILES string of the molecule is CSC1CCC(n2c(C(C)Cl)nc3c(Cl)cccc32)CC1. The summed E-state index contributed by atoms with van der Waals surface area (Å²) in [4.78, 5) is 4.72. The van der Waals surface area contributed by atoms with E-state index in [2.05, 4.69) is 16.9 Å². The summed E-state index contributed by atoms with van der Waals surface area (Å²) in [7, 11) is 0. The van der Waals surface area contributed by atoms with Crippen molar-refractivity contribution in [2.24, 2.45) is 0 Å². The highest BCUT2D eigenvalue weighted by Gasteiger charge is 2.27. The van der Waals surface area contributed by atoms with E-state index >= 15 is 0 Å². The van der Waals surface area contributed by atoms with E-state index in [0.717, 1.165) is 22.1 Å². The molecule has 1 atom stereocenters. The van der Waals surface area contributed by atoms with E-state index in [1.54, 1.807) is 0 Å². The van der Waals surface area contributed by atoms with Crippen LogP contribution in [0, 0.1) is 0 Å². The zero-order valence-electron chi connectivity index (χ0n) is 12.4. The average molecular weight is 343 g/mol. The van der Waals surface area contributed by atoms with Crippen molar-refractivity contribution in [3.8, 4) is 0 Å². The second-order valence-electron chi connectivity index (χ2n) is 5.73. The third-order valence-electron chi connectivity index (χ3n) is 4.40. The molecule has 0 radical (unpaired) electrons. The number of fused-ring (bicyclic) bond motifs is 1. The summed E-state index contributed by atoms with van der Waals surface area (Å²) < 4.78 is 2.34. The van der Waals surface area contributed by atoms with E-state index in [4.69, 9.17) is 28.2 Å². The van der Waals surface area contributed by atoms with Crippen LogP contribution in [0.3, 0.4) is 0 Å². The fourth-order valence-corrected chi connectivity index (χ4v) is 4.41. The molecule has 2 aromatic rings. The van der Waals surface area contributed by atoms with Crippen LogP contribution in [0.15, 0.2) is 18.2 Å². The maximum atomic E-state index is 6.38. The number of para-hydroxylation sites is 1. The van der Waals surface area contributed by atoms with Crippen LogP contribution in [0.25, 0.3) is 11.0 Å². The van der Waals surface area contributed by atoms with E-state index in [1.807, 2.05) is 30.8 Å². The first kappa shape index (κ1) is 15.5. The number of thioether (sulfide) groups is 1. The Kier molecular flexibility index (Phi) is 4.72. The van der Waals surface area contributed by atoms with Crippen molar-refractivity contribution in [3.63, 3.8) is 0 Å². The lowest BCUT2D eigenvalue weighted by Crippen LogP contribution is -2.21. The van der Waals surface area contributed by atoms with Crippen LogP contribution < -0.4 is 0 Å². The Morgan fingerprint density at radius 2 is 2.00 bits per heavy atom. The largest absolute Gasteiger partial charge is 0.324 e. The number of benzene rings is 1. The molecule has 1 aliphatic rings. The van der Waals surface area contributed by atoms with E-state index in [-0.39, 0.29) is 5.38 Å². The molecule has 0 spiro atoms.